The van der Waals surface area contributed by atoms with Crippen molar-refractivity contribution in [2.24, 2.45) is 0 Å². The molecule has 19 heavy (non-hydrogen) atoms. The number of hydrogen-bond acceptors (Lipinski definition) is 0. The van der Waals surface area contributed by atoms with Crippen molar-refractivity contribution >= 4 is 11.6 Å². The van der Waals surface area contributed by atoms with Gasteiger partial charge in [0, 0.05) is 0 Å². The van der Waals surface area contributed by atoms with Gasteiger partial charge < -0.3 is 0 Å². The van der Waals surface area contributed by atoms with E-state index >= 15 is 0 Å². The highest BCUT2D eigenvalue weighted by molar-refractivity contribution is 6.32. The van der Waals surface area contributed by atoms with Crippen LogP contribution in [0.15, 0.2) is 12.1 Å². The van der Waals surface area contributed by atoms with Crippen LogP contribution in [0.4, 0.5) is 26.3 Å². The van der Waals surface area contributed by atoms with Crippen LogP contribution in [0, 0.1) is 0 Å². The molecule has 0 spiro atoms. The average Bonchev–Trinajstić information content (AvgIpc) is 2.13. The van der Waals surface area contributed by atoms with E-state index in [1.165, 1.54) is 0 Å². The first kappa shape index (κ1) is 14.5. The van der Waals surface area contributed by atoms with Crippen molar-refractivity contribution < 1.29 is 26.3 Å². The predicted octanol–water partition coefficient (Wildman–Crippen LogP) is 5.65. The van der Waals surface area contributed by atoms with Crippen molar-refractivity contribution in [1.29, 1.82) is 0 Å². The number of halogens is 7. The minimum atomic E-state index is -4.89. The van der Waals surface area contributed by atoms with Crippen molar-refractivity contribution in [2.75, 3.05) is 0 Å². The van der Waals surface area contributed by atoms with Crippen molar-refractivity contribution in [2.45, 2.75) is 37.5 Å². The van der Waals surface area contributed by atoms with Gasteiger partial charge in [-0.3, -0.25) is 0 Å². The fraction of sp³-hybridized carbons (Fsp3) is 0.500. The second-order valence-electron chi connectivity index (χ2n) is 4.55. The Morgan fingerprint density at radius 1 is 0.895 bits per heavy atom. The van der Waals surface area contributed by atoms with Gasteiger partial charge in [-0.05, 0) is 36.5 Å². The van der Waals surface area contributed by atoms with Gasteiger partial charge in [0.25, 0.3) is 0 Å². The van der Waals surface area contributed by atoms with Crippen LogP contribution < -0.4 is 0 Å². The van der Waals surface area contributed by atoms with Crippen molar-refractivity contribution in [3.63, 3.8) is 0 Å². The van der Waals surface area contributed by atoms with E-state index in [0.29, 0.717) is 12.8 Å². The Labute approximate surface area is 110 Å². The van der Waals surface area contributed by atoms with E-state index in [1.54, 1.807) is 0 Å². The number of hydrogen-bond donors (Lipinski definition) is 0. The van der Waals surface area contributed by atoms with Crippen LogP contribution in [0.5, 0.6) is 0 Å². The van der Waals surface area contributed by atoms with Gasteiger partial charge in [0.15, 0.2) is 0 Å². The summed E-state index contributed by atoms with van der Waals surface area (Å²) < 4.78 is 76.4. The first-order valence-corrected chi connectivity index (χ1v) is 5.96. The molecular weight excluding hydrogens is 294 g/mol. The lowest BCUT2D eigenvalue weighted by atomic mass is 9.79. The summed E-state index contributed by atoms with van der Waals surface area (Å²) >= 11 is 5.28. The van der Waals surface area contributed by atoms with E-state index in [-0.39, 0.29) is 11.5 Å². The Morgan fingerprint density at radius 2 is 1.32 bits per heavy atom. The summed E-state index contributed by atoms with van der Waals surface area (Å²) in [6, 6.07) is 1.47. The number of rotatable bonds is 1. The first-order valence-electron chi connectivity index (χ1n) is 5.58. The standard InChI is InChI=1S/C12H9ClF6/c13-10-8(11(14,15)16)4-7(6-2-1-3-6)5-9(10)12(17,18)19/h4-6H,1-3H2. The van der Waals surface area contributed by atoms with Gasteiger partial charge in [0.1, 0.15) is 0 Å². The lowest BCUT2D eigenvalue weighted by molar-refractivity contribution is -0.143. The van der Waals surface area contributed by atoms with Gasteiger partial charge in [-0.1, -0.05) is 18.0 Å². The SMILES string of the molecule is FC(F)(F)c1cc(C2CCC2)cc(C(F)(F)F)c1Cl. The Bertz CT molecular complexity index is 449. The maximum Gasteiger partial charge on any atom is 0.417 e. The zero-order valence-electron chi connectivity index (χ0n) is 9.50. The minimum Gasteiger partial charge on any atom is -0.166 e. The molecule has 0 heterocycles. The highest BCUT2D eigenvalue weighted by Crippen LogP contribution is 2.46. The van der Waals surface area contributed by atoms with Gasteiger partial charge in [-0.25, -0.2) is 0 Å². The molecule has 1 saturated carbocycles. The smallest absolute Gasteiger partial charge is 0.166 e. The molecule has 0 unspecified atom stereocenters. The van der Waals surface area contributed by atoms with Crippen molar-refractivity contribution in [3.8, 4) is 0 Å². The van der Waals surface area contributed by atoms with Crippen LogP contribution in [0.3, 0.4) is 0 Å². The highest BCUT2D eigenvalue weighted by Gasteiger charge is 2.41. The Balaban J connectivity index is 2.60. The van der Waals surface area contributed by atoms with Gasteiger partial charge in [-0.15, -0.1) is 0 Å². The molecule has 0 atom stereocenters. The molecule has 0 aliphatic heterocycles. The molecule has 1 aromatic rings. The monoisotopic (exact) mass is 302 g/mol. The van der Waals surface area contributed by atoms with Crippen LogP contribution in [0.2, 0.25) is 5.02 Å². The molecule has 0 bridgehead atoms. The third-order valence-electron chi connectivity index (χ3n) is 3.28. The van der Waals surface area contributed by atoms with Crippen LogP contribution in [-0.2, 0) is 12.4 Å². The van der Waals surface area contributed by atoms with Crippen LogP contribution in [0.25, 0.3) is 0 Å². The second kappa shape index (κ2) is 4.58. The summed E-state index contributed by atoms with van der Waals surface area (Å²) in [7, 11) is 0. The first-order chi connectivity index (χ1) is 8.60. The van der Waals surface area contributed by atoms with E-state index in [0.717, 1.165) is 18.6 Å². The maximum absolute atomic E-state index is 12.7. The molecule has 106 valence electrons. The normalized spacial score (nSPS) is 17.4. The van der Waals surface area contributed by atoms with Crippen LogP contribution in [-0.4, -0.2) is 0 Å². The highest BCUT2D eigenvalue weighted by atomic mass is 35.5. The summed E-state index contributed by atoms with van der Waals surface area (Å²) in [6.45, 7) is 0. The molecule has 1 aliphatic carbocycles. The van der Waals surface area contributed by atoms with E-state index in [2.05, 4.69) is 0 Å². The predicted molar refractivity (Wildman–Crippen MR) is 58.0 cm³/mol. The summed E-state index contributed by atoms with van der Waals surface area (Å²) in [4.78, 5) is 0. The maximum atomic E-state index is 12.7. The molecule has 1 fully saturated rings. The molecule has 0 radical (unpaired) electrons. The quantitative estimate of drug-likeness (QED) is 0.588. The Hall–Kier alpha value is -0.910. The van der Waals surface area contributed by atoms with Gasteiger partial charge in [-0.2, -0.15) is 26.3 Å². The molecular formula is C12H9ClF6. The number of alkyl halides is 6. The second-order valence-corrected chi connectivity index (χ2v) is 4.93. The Kier molecular flexibility index (Phi) is 3.49. The molecule has 7 heteroatoms. The van der Waals surface area contributed by atoms with Crippen LogP contribution in [0.1, 0.15) is 41.9 Å². The minimum absolute atomic E-state index is 0.0651. The van der Waals surface area contributed by atoms with Gasteiger partial charge >= 0.3 is 12.4 Å². The largest absolute Gasteiger partial charge is 0.417 e. The zero-order chi connectivity index (χ0) is 14.4. The fourth-order valence-electron chi connectivity index (χ4n) is 2.04. The molecule has 0 saturated heterocycles. The topological polar surface area (TPSA) is 0 Å². The lowest BCUT2D eigenvalue weighted by Gasteiger charge is -2.28. The lowest BCUT2D eigenvalue weighted by Crippen LogP contribution is -2.16. The zero-order valence-corrected chi connectivity index (χ0v) is 10.3. The molecule has 0 nitrogen and oxygen atoms in total. The molecule has 1 aromatic carbocycles. The fourth-order valence-corrected chi connectivity index (χ4v) is 2.36. The van der Waals surface area contributed by atoms with E-state index in [9.17, 15) is 26.3 Å². The third kappa shape index (κ3) is 2.83. The summed E-state index contributed by atoms with van der Waals surface area (Å²) in [5, 5.41) is -1.27. The average molecular weight is 303 g/mol. The van der Waals surface area contributed by atoms with E-state index < -0.39 is 28.5 Å². The molecule has 2 rings (SSSR count). The molecule has 0 aromatic heterocycles. The van der Waals surface area contributed by atoms with Gasteiger partial charge in [0.2, 0.25) is 0 Å². The van der Waals surface area contributed by atoms with Gasteiger partial charge in [0.05, 0.1) is 16.1 Å². The number of benzene rings is 1. The summed E-state index contributed by atoms with van der Waals surface area (Å²) in [5.74, 6) is -0.237. The Morgan fingerprint density at radius 3 is 1.58 bits per heavy atom. The van der Waals surface area contributed by atoms with Crippen LogP contribution >= 0.6 is 11.6 Å². The van der Waals surface area contributed by atoms with E-state index in [1.807, 2.05) is 0 Å². The third-order valence-corrected chi connectivity index (χ3v) is 3.69. The molecule has 0 amide bonds. The summed E-state index contributed by atoms with van der Waals surface area (Å²) in [6.07, 6.45) is -7.75. The van der Waals surface area contributed by atoms with E-state index in [4.69, 9.17) is 11.6 Å². The molecule has 1 aliphatic rings. The molecule has 0 N–H and O–H groups in total. The van der Waals surface area contributed by atoms with Crippen molar-refractivity contribution in [1.82, 2.24) is 0 Å². The van der Waals surface area contributed by atoms with Crippen molar-refractivity contribution in [3.05, 3.63) is 33.8 Å². The summed E-state index contributed by atoms with van der Waals surface area (Å²) in [5.41, 5.74) is -2.76.